The van der Waals surface area contributed by atoms with Gasteiger partial charge in [0.15, 0.2) is 0 Å². The molecule has 4 aliphatic carbocycles. The SMILES string of the molecule is CC[C@@H](CC[C@@H](C)[C@H]1CCC2C3CC=C4C=CCC[C@]4(C)C3CC[C@@]21C)C(C)C. The second kappa shape index (κ2) is 8.20. The van der Waals surface area contributed by atoms with Crippen LogP contribution in [-0.2, 0) is 0 Å². The van der Waals surface area contributed by atoms with Crippen LogP contribution in [0.5, 0.6) is 0 Å². The summed E-state index contributed by atoms with van der Waals surface area (Å²) in [6.07, 6.45) is 21.9. The molecule has 164 valence electrons. The summed E-state index contributed by atoms with van der Waals surface area (Å²) >= 11 is 0. The summed E-state index contributed by atoms with van der Waals surface area (Å²) in [7, 11) is 0. The largest absolute Gasteiger partial charge is 0.0842 e. The maximum absolute atomic E-state index is 2.73. The predicted molar refractivity (Wildman–Crippen MR) is 127 cm³/mol. The second-order valence-corrected chi connectivity index (χ2v) is 12.3. The van der Waals surface area contributed by atoms with Crippen LogP contribution in [0.4, 0.5) is 0 Å². The van der Waals surface area contributed by atoms with Crippen LogP contribution in [0.2, 0.25) is 0 Å². The third-order valence-corrected chi connectivity index (χ3v) is 10.9. The lowest BCUT2D eigenvalue weighted by molar-refractivity contribution is -0.0454. The first-order valence-corrected chi connectivity index (χ1v) is 13.2. The molecule has 0 heterocycles. The fourth-order valence-electron chi connectivity index (χ4n) is 8.96. The molecule has 2 fully saturated rings. The maximum atomic E-state index is 2.73. The van der Waals surface area contributed by atoms with E-state index < -0.39 is 0 Å². The monoisotopic (exact) mass is 396 g/mol. The lowest BCUT2D eigenvalue weighted by atomic mass is 9.47. The van der Waals surface area contributed by atoms with Gasteiger partial charge in [-0.05, 0) is 109 Å². The van der Waals surface area contributed by atoms with Gasteiger partial charge < -0.3 is 0 Å². The minimum atomic E-state index is 0.480. The van der Waals surface area contributed by atoms with Crippen LogP contribution in [0.1, 0.15) is 106 Å². The molecule has 2 saturated carbocycles. The normalized spacial score (nSPS) is 43.3. The van der Waals surface area contributed by atoms with Gasteiger partial charge in [-0.3, -0.25) is 0 Å². The van der Waals surface area contributed by atoms with Crippen molar-refractivity contribution in [2.45, 2.75) is 106 Å². The number of allylic oxidation sites excluding steroid dienone is 4. The Morgan fingerprint density at radius 3 is 2.52 bits per heavy atom. The highest BCUT2D eigenvalue weighted by Crippen LogP contribution is 2.66. The number of hydrogen-bond acceptors (Lipinski definition) is 0. The molecule has 0 aromatic carbocycles. The summed E-state index contributed by atoms with van der Waals surface area (Å²) in [5.41, 5.74) is 2.79. The highest BCUT2D eigenvalue weighted by molar-refractivity contribution is 5.34. The van der Waals surface area contributed by atoms with Gasteiger partial charge in [-0.1, -0.05) is 72.6 Å². The molecule has 0 aromatic rings. The quantitative estimate of drug-likeness (QED) is 0.420. The van der Waals surface area contributed by atoms with Crippen LogP contribution >= 0.6 is 0 Å². The molecule has 3 unspecified atom stereocenters. The van der Waals surface area contributed by atoms with E-state index in [1.807, 2.05) is 0 Å². The minimum absolute atomic E-state index is 0.480. The van der Waals surface area contributed by atoms with Crippen molar-refractivity contribution in [3.8, 4) is 0 Å². The first kappa shape index (κ1) is 21.7. The first-order valence-electron chi connectivity index (χ1n) is 13.2. The molecule has 0 aromatic heterocycles. The van der Waals surface area contributed by atoms with E-state index in [-0.39, 0.29) is 0 Å². The van der Waals surface area contributed by atoms with Crippen molar-refractivity contribution in [1.29, 1.82) is 0 Å². The van der Waals surface area contributed by atoms with E-state index in [0.29, 0.717) is 10.8 Å². The van der Waals surface area contributed by atoms with E-state index >= 15 is 0 Å². The van der Waals surface area contributed by atoms with Gasteiger partial charge in [0.25, 0.3) is 0 Å². The van der Waals surface area contributed by atoms with Gasteiger partial charge in [0.05, 0.1) is 0 Å². The molecule has 0 nitrogen and oxygen atoms in total. The van der Waals surface area contributed by atoms with Gasteiger partial charge in [-0.2, -0.15) is 0 Å². The average Bonchev–Trinajstić information content (AvgIpc) is 3.05. The van der Waals surface area contributed by atoms with E-state index in [1.165, 1.54) is 64.2 Å². The molecule has 0 heteroatoms. The van der Waals surface area contributed by atoms with Crippen LogP contribution in [0.25, 0.3) is 0 Å². The molecule has 4 aliphatic rings. The smallest absolute Gasteiger partial charge is 0.00445 e. The zero-order valence-electron chi connectivity index (χ0n) is 20.3. The highest BCUT2D eigenvalue weighted by atomic mass is 14.6. The molecule has 0 bridgehead atoms. The first-order chi connectivity index (χ1) is 13.8. The van der Waals surface area contributed by atoms with Crippen molar-refractivity contribution in [3.63, 3.8) is 0 Å². The third kappa shape index (κ3) is 3.59. The topological polar surface area (TPSA) is 0 Å². The summed E-state index contributed by atoms with van der Waals surface area (Å²) in [4.78, 5) is 0. The summed E-state index contributed by atoms with van der Waals surface area (Å²) in [5, 5.41) is 0. The summed E-state index contributed by atoms with van der Waals surface area (Å²) in [5.74, 6) is 6.57. The number of fused-ring (bicyclic) bond motifs is 5. The van der Waals surface area contributed by atoms with Crippen molar-refractivity contribution in [2.75, 3.05) is 0 Å². The van der Waals surface area contributed by atoms with E-state index in [1.54, 1.807) is 5.57 Å². The number of hydrogen-bond donors (Lipinski definition) is 0. The third-order valence-electron chi connectivity index (χ3n) is 10.9. The molecule has 0 spiro atoms. The highest BCUT2D eigenvalue weighted by Gasteiger charge is 2.58. The Morgan fingerprint density at radius 1 is 1.00 bits per heavy atom. The predicted octanol–water partition coefficient (Wildman–Crippen LogP) is 8.83. The van der Waals surface area contributed by atoms with Crippen LogP contribution in [0.3, 0.4) is 0 Å². The maximum Gasteiger partial charge on any atom is -0.00445 e. The molecule has 0 saturated heterocycles. The Labute approximate surface area is 182 Å². The van der Waals surface area contributed by atoms with Crippen LogP contribution in [-0.4, -0.2) is 0 Å². The lowest BCUT2D eigenvalue weighted by Crippen LogP contribution is -2.49. The lowest BCUT2D eigenvalue weighted by Gasteiger charge is -2.57. The molecule has 0 N–H and O–H groups in total. The molecular weight excluding hydrogens is 348 g/mol. The van der Waals surface area contributed by atoms with Crippen LogP contribution < -0.4 is 0 Å². The Hall–Kier alpha value is -0.520. The second-order valence-electron chi connectivity index (χ2n) is 12.3. The van der Waals surface area contributed by atoms with Crippen molar-refractivity contribution in [2.24, 2.45) is 52.3 Å². The molecule has 0 radical (unpaired) electrons. The van der Waals surface area contributed by atoms with Crippen molar-refractivity contribution in [3.05, 3.63) is 23.8 Å². The molecule has 0 amide bonds. The Bertz CT molecular complexity index is 638. The fraction of sp³-hybridized carbons (Fsp3) is 0.862. The minimum Gasteiger partial charge on any atom is -0.0842 e. The van der Waals surface area contributed by atoms with E-state index in [2.05, 4.69) is 59.8 Å². The van der Waals surface area contributed by atoms with E-state index in [4.69, 9.17) is 0 Å². The molecule has 4 rings (SSSR count). The van der Waals surface area contributed by atoms with Crippen LogP contribution in [0, 0.1) is 52.3 Å². The van der Waals surface area contributed by atoms with E-state index in [9.17, 15) is 0 Å². The van der Waals surface area contributed by atoms with Crippen molar-refractivity contribution < 1.29 is 0 Å². The summed E-state index contributed by atoms with van der Waals surface area (Å²) < 4.78 is 0. The van der Waals surface area contributed by atoms with Gasteiger partial charge in [0.1, 0.15) is 0 Å². The Morgan fingerprint density at radius 2 is 1.79 bits per heavy atom. The fourth-order valence-corrected chi connectivity index (χ4v) is 8.96. The van der Waals surface area contributed by atoms with Gasteiger partial charge in [0.2, 0.25) is 0 Å². The summed E-state index contributed by atoms with van der Waals surface area (Å²) in [6.45, 7) is 15.2. The van der Waals surface area contributed by atoms with Crippen molar-refractivity contribution >= 4 is 0 Å². The number of rotatable bonds is 6. The molecule has 29 heavy (non-hydrogen) atoms. The Balaban J connectivity index is 1.48. The van der Waals surface area contributed by atoms with Gasteiger partial charge in [-0.25, -0.2) is 0 Å². The van der Waals surface area contributed by atoms with Gasteiger partial charge >= 0.3 is 0 Å². The molecular formula is C29H48. The molecule has 0 aliphatic heterocycles. The van der Waals surface area contributed by atoms with E-state index in [0.717, 1.165) is 41.4 Å². The summed E-state index contributed by atoms with van der Waals surface area (Å²) in [6, 6.07) is 0. The average molecular weight is 397 g/mol. The standard InChI is InChI=1S/C29H48/c1-7-22(20(2)3)12-11-21(4)25-15-16-26-24-14-13-23-10-8-9-18-28(23,5)27(24)17-19-29(25,26)6/h8,10,13,20-22,24-27H,7,9,11-12,14-19H2,1-6H3/t21-,22+,24?,25-,26?,27?,28+,29-/m1/s1. The molecule has 8 atom stereocenters. The Kier molecular flexibility index (Phi) is 6.14. The van der Waals surface area contributed by atoms with Crippen molar-refractivity contribution in [1.82, 2.24) is 0 Å². The van der Waals surface area contributed by atoms with Crippen LogP contribution in [0.15, 0.2) is 23.8 Å². The van der Waals surface area contributed by atoms with Gasteiger partial charge in [0, 0.05) is 0 Å². The zero-order valence-corrected chi connectivity index (χ0v) is 20.3. The van der Waals surface area contributed by atoms with Gasteiger partial charge in [-0.15, -0.1) is 0 Å². The zero-order chi connectivity index (χ0) is 20.8.